The van der Waals surface area contributed by atoms with Gasteiger partial charge in [-0.15, -0.1) is 0 Å². The van der Waals surface area contributed by atoms with E-state index in [2.05, 4.69) is 41.5 Å². The van der Waals surface area contributed by atoms with Gasteiger partial charge in [0.2, 0.25) is 0 Å². The zero-order chi connectivity index (χ0) is 20.3. The van der Waals surface area contributed by atoms with Crippen molar-refractivity contribution >= 4 is 0 Å². The van der Waals surface area contributed by atoms with Crippen LogP contribution in [-0.2, 0) is 0 Å². The lowest BCUT2D eigenvalue weighted by molar-refractivity contribution is 0.167. The van der Waals surface area contributed by atoms with Gasteiger partial charge in [-0.2, -0.15) is 0 Å². The zero-order valence-corrected chi connectivity index (χ0v) is 20.3. The van der Waals surface area contributed by atoms with Crippen molar-refractivity contribution in [2.45, 2.75) is 119 Å². The zero-order valence-electron chi connectivity index (χ0n) is 20.3. The van der Waals surface area contributed by atoms with Crippen LogP contribution in [0, 0.1) is 59.2 Å². The minimum atomic E-state index is 0.987. The highest BCUT2D eigenvalue weighted by molar-refractivity contribution is 5.00. The summed E-state index contributed by atoms with van der Waals surface area (Å²) in [5, 5.41) is 0. The van der Waals surface area contributed by atoms with Crippen LogP contribution in [0.5, 0.6) is 0 Å². The summed E-state index contributed by atoms with van der Waals surface area (Å²) in [6.45, 7) is 14.8. The van der Waals surface area contributed by atoms with E-state index in [1.165, 1.54) is 44.9 Å². The summed E-state index contributed by atoms with van der Waals surface area (Å²) in [6.07, 6.45) is 18.2. The third-order valence-corrected chi connectivity index (χ3v) is 10.3. The highest BCUT2D eigenvalue weighted by atomic mass is 14.6. The first-order chi connectivity index (χ1) is 13.5. The maximum Gasteiger partial charge on any atom is -0.0352 e. The predicted octanol–water partition coefficient (Wildman–Crippen LogP) is 8.99. The minimum absolute atomic E-state index is 0.987. The molecule has 4 saturated carbocycles. The topological polar surface area (TPSA) is 0 Å². The second kappa shape index (κ2) is 10.3. The van der Waals surface area contributed by atoms with Gasteiger partial charge in [-0.05, 0) is 91.3 Å². The smallest absolute Gasteiger partial charge is 0.0352 e. The average molecular weight is 389 g/mol. The molecule has 0 nitrogen and oxygen atoms in total. The van der Waals surface area contributed by atoms with Gasteiger partial charge in [-0.1, -0.05) is 86.5 Å². The molecule has 28 heavy (non-hydrogen) atoms. The largest absolute Gasteiger partial charge is 0.0656 e. The Balaban J connectivity index is 0.000000706. The Labute approximate surface area is 178 Å². The van der Waals surface area contributed by atoms with Crippen LogP contribution in [0.3, 0.4) is 0 Å². The van der Waals surface area contributed by atoms with Crippen molar-refractivity contribution in [3.05, 3.63) is 0 Å². The fourth-order valence-electron chi connectivity index (χ4n) is 8.53. The molecule has 0 amide bonds. The van der Waals surface area contributed by atoms with Crippen LogP contribution in [0.15, 0.2) is 0 Å². The molecule has 0 saturated heterocycles. The second-order valence-electron chi connectivity index (χ2n) is 11.6. The van der Waals surface area contributed by atoms with Gasteiger partial charge in [-0.25, -0.2) is 0 Å². The summed E-state index contributed by atoms with van der Waals surface area (Å²) in [7, 11) is 0. The SMILES string of the molecule is CC1C(C)C(CC2C(C)C(C)C3CCCCCC32)C2CCCCCC12.CCC. The first kappa shape index (κ1) is 22.7. The molecule has 10 atom stereocenters. The quantitative estimate of drug-likeness (QED) is 0.442. The van der Waals surface area contributed by atoms with Gasteiger partial charge in [0.05, 0.1) is 0 Å². The van der Waals surface area contributed by atoms with Crippen LogP contribution in [0.1, 0.15) is 119 Å². The van der Waals surface area contributed by atoms with Gasteiger partial charge in [0.25, 0.3) is 0 Å². The summed E-state index contributed by atoms with van der Waals surface area (Å²) < 4.78 is 0. The third kappa shape index (κ3) is 4.51. The lowest BCUT2D eigenvalue weighted by Gasteiger charge is -2.32. The lowest BCUT2D eigenvalue weighted by atomic mass is 9.73. The Bertz CT molecular complexity index is 413. The predicted molar refractivity (Wildman–Crippen MR) is 124 cm³/mol. The number of hydrogen-bond donors (Lipinski definition) is 0. The molecule has 164 valence electrons. The molecule has 4 fully saturated rings. The summed E-state index contributed by atoms with van der Waals surface area (Å²) in [5.74, 6) is 10.4. The van der Waals surface area contributed by atoms with Gasteiger partial charge in [0.15, 0.2) is 0 Å². The minimum Gasteiger partial charge on any atom is -0.0656 e. The summed E-state index contributed by atoms with van der Waals surface area (Å²) >= 11 is 0. The first-order valence-corrected chi connectivity index (χ1v) is 13.5. The van der Waals surface area contributed by atoms with Gasteiger partial charge < -0.3 is 0 Å². The Morgan fingerprint density at radius 2 is 0.786 bits per heavy atom. The van der Waals surface area contributed by atoms with Gasteiger partial charge in [0.1, 0.15) is 0 Å². The lowest BCUT2D eigenvalue weighted by Crippen LogP contribution is -2.25. The standard InChI is InChI=1S/C25H44.C3H8/c1-16-18(3)24(22-13-9-5-7-11-20(16)22)15-25-19(4)17(2)21-12-8-6-10-14-23(21)25;1-3-2/h16-25H,5-15H2,1-4H3;3H2,1-2H3. The van der Waals surface area contributed by atoms with Crippen molar-refractivity contribution in [1.82, 2.24) is 0 Å². The fourth-order valence-corrected chi connectivity index (χ4v) is 8.53. The monoisotopic (exact) mass is 388 g/mol. The van der Waals surface area contributed by atoms with E-state index < -0.39 is 0 Å². The molecule has 0 aromatic rings. The Morgan fingerprint density at radius 3 is 1.14 bits per heavy atom. The fraction of sp³-hybridized carbons (Fsp3) is 1.00. The molecule has 0 spiro atoms. The molecule has 10 unspecified atom stereocenters. The molecular weight excluding hydrogens is 336 g/mol. The van der Waals surface area contributed by atoms with E-state index in [1.807, 2.05) is 0 Å². The third-order valence-electron chi connectivity index (χ3n) is 10.3. The molecule has 0 aliphatic heterocycles. The van der Waals surface area contributed by atoms with E-state index in [0.717, 1.165) is 59.2 Å². The molecule has 4 aliphatic rings. The van der Waals surface area contributed by atoms with Crippen molar-refractivity contribution in [2.24, 2.45) is 59.2 Å². The van der Waals surface area contributed by atoms with Crippen LogP contribution in [-0.4, -0.2) is 0 Å². The normalized spacial score (nSPS) is 48.6. The van der Waals surface area contributed by atoms with E-state index >= 15 is 0 Å². The number of fused-ring (bicyclic) bond motifs is 2. The highest BCUT2D eigenvalue weighted by Gasteiger charge is 2.51. The summed E-state index contributed by atoms with van der Waals surface area (Å²) in [4.78, 5) is 0. The van der Waals surface area contributed by atoms with Crippen molar-refractivity contribution in [3.63, 3.8) is 0 Å². The molecule has 0 heteroatoms. The van der Waals surface area contributed by atoms with Crippen LogP contribution >= 0.6 is 0 Å². The highest BCUT2D eigenvalue weighted by Crippen LogP contribution is 2.58. The van der Waals surface area contributed by atoms with Crippen LogP contribution in [0.2, 0.25) is 0 Å². The molecule has 4 aliphatic carbocycles. The molecule has 0 heterocycles. The molecular formula is C28H52. The summed E-state index contributed by atoms with van der Waals surface area (Å²) in [5.41, 5.74) is 0. The first-order valence-electron chi connectivity index (χ1n) is 13.5. The van der Waals surface area contributed by atoms with Crippen molar-refractivity contribution < 1.29 is 0 Å². The Morgan fingerprint density at radius 1 is 0.464 bits per heavy atom. The Hall–Kier alpha value is 0. The van der Waals surface area contributed by atoms with E-state index in [-0.39, 0.29) is 0 Å². The second-order valence-corrected chi connectivity index (χ2v) is 11.6. The van der Waals surface area contributed by atoms with Gasteiger partial charge in [0, 0.05) is 0 Å². The van der Waals surface area contributed by atoms with Crippen molar-refractivity contribution in [3.8, 4) is 0 Å². The van der Waals surface area contributed by atoms with E-state index in [0.29, 0.717) is 0 Å². The van der Waals surface area contributed by atoms with E-state index in [9.17, 15) is 0 Å². The molecule has 0 bridgehead atoms. The molecule has 0 radical (unpaired) electrons. The van der Waals surface area contributed by atoms with Crippen LogP contribution in [0.25, 0.3) is 0 Å². The van der Waals surface area contributed by atoms with Crippen molar-refractivity contribution in [2.75, 3.05) is 0 Å². The molecule has 4 rings (SSSR count). The van der Waals surface area contributed by atoms with E-state index in [1.54, 1.807) is 32.1 Å². The molecule has 0 aromatic carbocycles. The Kier molecular flexibility index (Phi) is 8.38. The number of rotatable bonds is 2. The van der Waals surface area contributed by atoms with Crippen molar-refractivity contribution in [1.29, 1.82) is 0 Å². The molecule has 0 aromatic heterocycles. The maximum absolute atomic E-state index is 2.64. The number of hydrogen-bond acceptors (Lipinski definition) is 0. The molecule has 0 N–H and O–H groups in total. The van der Waals surface area contributed by atoms with E-state index in [4.69, 9.17) is 0 Å². The van der Waals surface area contributed by atoms with Gasteiger partial charge in [-0.3, -0.25) is 0 Å². The maximum atomic E-state index is 2.64. The average Bonchev–Trinajstić information content (AvgIpc) is 2.97. The van der Waals surface area contributed by atoms with Crippen LogP contribution < -0.4 is 0 Å². The van der Waals surface area contributed by atoms with Gasteiger partial charge >= 0.3 is 0 Å². The van der Waals surface area contributed by atoms with Crippen LogP contribution in [0.4, 0.5) is 0 Å². The summed E-state index contributed by atoms with van der Waals surface area (Å²) in [6, 6.07) is 0.